The van der Waals surface area contributed by atoms with Gasteiger partial charge < -0.3 is 25.4 Å². The lowest BCUT2D eigenvalue weighted by atomic mass is 9.81. The maximum atomic E-state index is 14.4. The van der Waals surface area contributed by atoms with Crippen LogP contribution in [0, 0.1) is 11.8 Å². The van der Waals surface area contributed by atoms with Crippen molar-refractivity contribution in [3.63, 3.8) is 0 Å². The van der Waals surface area contributed by atoms with E-state index in [1.54, 1.807) is 35.4 Å². The lowest BCUT2D eigenvalue weighted by molar-refractivity contribution is -0.127. The molecule has 2 aromatic heterocycles. The first-order valence-electron chi connectivity index (χ1n) is 18.1. The number of rotatable bonds is 15. The summed E-state index contributed by atoms with van der Waals surface area (Å²) < 4.78 is 11.2. The number of tetrazole rings is 1. The van der Waals surface area contributed by atoms with Gasteiger partial charge in [-0.1, -0.05) is 24.3 Å². The smallest absolute Gasteiger partial charge is 0.407 e. The second kappa shape index (κ2) is 17.9. The van der Waals surface area contributed by atoms with Crippen LogP contribution in [0.25, 0.3) is 22.5 Å². The lowest BCUT2D eigenvalue weighted by Gasteiger charge is -2.36. The largest absolute Gasteiger partial charge is 0.478 e. The maximum absolute atomic E-state index is 14.4. The maximum Gasteiger partial charge on any atom is 0.407 e. The number of amides is 3. The van der Waals surface area contributed by atoms with Gasteiger partial charge in [0.1, 0.15) is 11.6 Å². The zero-order valence-corrected chi connectivity index (χ0v) is 31.2. The Labute approximate surface area is 310 Å². The summed E-state index contributed by atoms with van der Waals surface area (Å²) in [7, 11) is 4.06. The lowest BCUT2D eigenvalue weighted by Crippen LogP contribution is -2.52. The highest BCUT2D eigenvalue weighted by atomic mass is 16.6. The van der Waals surface area contributed by atoms with Crippen LogP contribution in [0.15, 0.2) is 66.9 Å². The number of anilines is 1. The van der Waals surface area contributed by atoms with Crippen molar-refractivity contribution in [3.8, 4) is 28.4 Å². The Balaban J connectivity index is 1.29. The van der Waals surface area contributed by atoms with E-state index in [0.29, 0.717) is 48.9 Å². The van der Waals surface area contributed by atoms with Crippen molar-refractivity contribution in [1.29, 1.82) is 0 Å². The first-order valence-corrected chi connectivity index (χ1v) is 18.1. The molecule has 1 atom stereocenters. The molecule has 0 radical (unpaired) electrons. The number of carbonyl (C=O) groups excluding carboxylic acids is 3. The van der Waals surface area contributed by atoms with Crippen LogP contribution >= 0.6 is 0 Å². The number of carbonyl (C=O) groups is 3. The van der Waals surface area contributed by atoms with Gasteiger partial charge in [-0.25, -0.2) is 9.78 Å². The van der Waals surface area contributed by atoms with Crippen molar-refractivity contribution in [2.45, 2.75) is 70.9 Å². The van der Waals surface area contributed by atoms with Gasteiger partial charge in [-0.05, 0) is 120 Å². The molecule has 14 heteroatoms. The summed E-state index contributed by atoms with van der Waals surface area (Å²) in [6.07, 6.45) is 5.19. The van der Waals surface area contributed by atoms with Gasteiger partial charge in [-0.3, -0.25) is 14.5 Å². The standard InChI is InChI=1S/C39H51N9O5/c1-39(2,3)53-38(51)42-24-27-9-13-30(14-10-27)37(50)48(32-18-15-29(16-19-32)36-43-45-46-44-36)33(35(40)49)23-26-7-11-28(12-8-26)31-17-20-34(41-25-31)52-22-6-21-47(4)5/h7-8,11-12,15-20,25,27,30,33H,6,9-10,13-14,21-24H2,1-5H3,(H2,40,49)(H,42,51)(H,43,44,45,46)/t27?,30?,33-/m0/s1. The molecule has 53 heavy (non-hydrogen) atoms. The predicted octanol–water partition coefficient (Wildman–Crippen LogP) is 5.02. The monoisotopic (exact) mass is 725 g/mol. The van der Waals surface area contributed by atoms with Crippen LogP contribution in [-0.4, -0.2) is 93.9 Å². The highest BCUT2D eigenvalue weighted by Gasteiger charge is 2.36. The average molecular weight is 726 g/mol. The van der Waals surface area contributed by atoms with Gasteiger partial charge in [0.15, 0.2) is 0 Å². The van der Waals surface area contributed by atoms with E-state index in [1.165, 1.54) is 0 Å². The molecule has 14 nitrogen and oxygen atoms in total. The Kier molecular flexibility index (Phi) is 13.1. The first-order chi connectivity index (χ1) is 25.4. The zero-order valence-electron chi connectivity index (χ0n) is 31.2. The molecular weight excluding hydrogens is 674 g/mol. The number of primary amides is 1. The topological polar surface area (TPSA) is 182 Å². The molecule has 1 aliphatic rings. The number of ether oxygens (including phenoxy) is 2. The van der Waals surface area contributed by atoms with Crippen LogP contribution in [0.1, 0.15) is 58.4 Å². The van der Waals surface area contributed by atoms with Crippen LogP contribution < -0.4 is 20.7 Å². The Morgan fingerprint density at radius 1 is 0.943 bits per heavy atom. The van der Waals surface area contributed by atoms with Crippen LogP contribution in [0.4, 0.5) is 10.5 Å². The fraction of sp³-hybridized carbons (Fsp3) is 0.462. The summed E-state index contributed by atoms with van der Waals surface area (Å²) >= 11 is 0. The Bertz CT molecular complexity index is 1770. The Morgan fingerprint density at radius 2 is 1.62 bits per heavy atom. The van der Waals surface area contributed by atoms with E-state index in [9.17, 15) is 14.4 Å². The number of aromatic amines is 1. The van der Waals surface area contributed by atoms with Crippen LogP contribution in [0.5, 0.6) is 5.88 Å². The van der Waals surface area contributed by atoms with Crippen molar-refractivity contribution < 1.29 is 23.9 Å². The van der Waals surface area contributed by atoms with Crippen LogP contribution in [0.3, 0.4) is 0 Å². The van der Waals surface area contributed by atoms with Gasteiger partial charge in [0.2, 0.25) is 23.5 Å². The number of hydrogen-bond acceptors (Lipinski definition) is 10. The minimum absolute atomic E-state index is 0.161. The van der Waals surface area contributed by atoms with E-state index in [1.807, 2.05) is 71.3 Å². The van der Waals surface area contributed by atoms with E-state index in [0.717, 1.165) is 42.5 Å². The van der Waals surface area contributed by atoms with Gasteiger partial charge in [0, 0.05) is 54.5 Å². The van der Waals surface area contributed by atoms with E-state index >= 15 is 0 Å². The number of alkyl carbamates (subject to hydrolysis) is 1. The quantitative estimate of drug-likeness (QED) is 0.141. The molecule has 5 rings (SSSR count). The van der Waals surface area contributed by atoms with Crippen molar-refractivity contribution in [2.24, 2.45) is 17.6 Å². The number of pyridine rings is 1. The summed E-state index contributed by atoms with van der Waals surface area (Å²) in [5, 5.41) is 17.0. The molecule has 0 bridgehead atoms. The number of benzene rings is 2. The zero-order chi connectivity index (χ0) is 38.0. The van der Waals surface area contributed by atoms with Gasteiger partial charge in [-0.15, -0.1) is 10.2 Å². The summed E-state index contributed by atoms with van der Waals surface area (Å²) in [6.45, 7) is 7.48. The van der Waals surface area contributed by atoms with E-state index in [4.69, 9.17) is 15.2 Å². The number of nitrogens with two attached hydrogens (primary N) is 1. The molecule has 2 aromatic carbocycles. The molecule has 4 N–H and O–H groups in total. The van der Waals surface area contributed by atoms with Crippen LogP contribution in [0.2, 0.25) is 0 Å². The number of aromatic nitrogens is 5. The number of nitrogens with zero attached hydrogens (tertiary/aromatic N) is 6. The van der Waals surface area contributed by atoms with Gasteiger partial charge in [0.25, 0.3) is 0 Å². The summed E-state index contributed by atoms with van der Waals surface area (Å²) in [5.41, 5.74) is 9.50. The van der Waals surface area contributed by atoms with E-state index < -0.39 is 23.6 Å². The molecule has 1 aliphatic carbocycles. The van der Waals surface area contributed by atoms with Crippen molar-refractivity contribution >= 4 is 23.6 Å². The van der Waals surface area contributed by atoms with Crippen LogP contribution in [-0.2, 0) is 20.7 Å². The van der Waals surface area contributed by atoms with Gasteiger partial charge in [-0.2, -0.15) is 5.21 Å². The molecule has 2 heterocycles. The minimum Gasteiger partial charge on any atom is -0.478 e. The molecule has 1 saturated carbocycles. The summed E-state index contributed by atoms with van der Waals surface area (Å²) in [5.74, 6) is 0.121. The molecule has 0 aliphatic heterocycles. The van der Waals surface area contributed by atoms with Crippen molar-refractivity contribution in [1.82, 2.24) is 35.8 Å². The highest BCUT2D eigenvalue weighted by Crippen LogP contribution is 2.33. The molecule has 0 unspecified atom stereocenters. The Hall–Kier alpha value is -5.37. The second-order valence-electron chi connectivity index (χ2n) is 14.8. The normalized spacial score (nSPS) is 16.5. The van der Waals surface area contributed by atoms with Crippen molar-refractivity contribution in [3.05, 3.63) is 72.4 Å². The van der Waals surface area contributed by atoms with Crippen molar-refractivity contribution in [2.75, 3.05) is 38.7 Å². The van der Waals surface area contributed by atoms with Gasteiger partial charge in [0.05, 0.1) is 6.61 Å². The fourth-order valence-electron chi connectivity index (χ4n) is 6.44. The summed E-state index contributed by atoms with van der Waals surface area (Å²) in [6, 6.07) is 17.9. The second-order valence-corrected chi connectivity index (χ2v) is 14.8. The van der Waals surface area contributed by atoms with E-state index in [-0.39, 0.29) is 24.2 Å². The third-order valence-electron chi connectivity index (χ3n) is 9.21. The predicted molar refractivity (Wildman–Crippen MR) is 202 cm³/mol. The molecule has 0 saturated heterocycles. The number of nitrogens with one attached hydrogen (secondary N) is 2. The third-order valence-corrected chi connectivity index (χ3v) is 9.21. The summed E-state index contributed by atoms with van der Waals surface area (Å²) in [4.78, 5) is 48.0. The third kappa shape index (κ3) is 11.3. The van der Waals surface area contributed by atoms with E-state index in [2.05, 4.69) is 35.8 Å². The molecule has 3 amide bonds. The Morgan fingerprint density at radius 3 is 2.21 bits per heavy atom. The van der Waals surface area contributed by atoms with Gasteiger partial charge >= 0.3 is 6.09 Å². The highest BCUT2D eigenvalue weighted by molar-refractivity contribution is 6.01. The fourth-order valence-corrected chi connectivity index (χ4v) is 6.44. The molecule has 4 aromatic rings. The molecule has 1 fully saturated rings. The number of hydrogen-bond donors (Lipinski definition) is 3. The first kappa shape index (κ1) is 38.9. The molecular formula is C39H51N9O5. The minimum atomic E-state index is -0.943. The molecule has 0 spiro atoms. The number of H-pyrrole nitrogens is 1. The average Bonchev–Trinajstić information content (AvgIpc) is 3.68. The SMILES string of the molecule is CN(C)CCCOc1ccc(-c2ccc(C[C@@H](C(N)=O)N(C(=O)C3CCC(CNC(=O)OC(C)(C)C)CC3)c3ccc(-c4nn[nH]n4)cc3)cc2)cn1. The molecule has 282 valence electrons.